The van der Waals surface area contributed by atoms with Gasteiger partial charge in [-0.05, 0) is 29.4 Å². The number of nitrogens with two attached hydrogens (primary N) is 1. The SMILES string of the molecule is CC1(C)Cc2ccccc2C(N)C1. The first kappa shape index (κ1) is 8.76. The van der Waals surface area contributed by atoms with Crippen molar-refractivity contribution in [3.63, 3.8) is 0 Å². The molecule has 70 valence electrons. The minimum absolute atomic E-state index is 0.236. The molecule has 0 saturated heterocycles. The van der Waals surface area contributed by atoms with Crippen LogP contribution in [0.2, 0.25) is 0 Å². The molecule has 1 nitrogen and oxygen atoms in total. The van der Waals surface area contributed by atoms with Crippen LogP contribution in [0.15, 0.2) is 24.3 Å². The molecule has 0 fully saturated rings. The second-order valence-corrected chi connectivity index (χ2v) is 4.85. The highest BCUT2D eigenvalue weighted by atomic mass is 14.7. The molecular weight excluding hydrogens is 158 g/mol. The Kier molecular flexibility index (Phi) is 1.92. The van der Waals surface area contributed by atoms with Gasteiger partial charge in [-0.15, -0.1) is 0 Å². The summed E-state index contributed by atoms with van der Waals surface area (Å²) in [5.74, 6) is 0. The Morgan fingerprint density at radius 2 is 2.00 bits per heavy atom. The van der Waals surface area contributed by atoms with Gasteiger partial charge in [-0.25, -0.2) is 0 Å². The zero-order valence-electron chi connectivity index (χ0n) is 8.38. The van der Waals surface area contributed by atoms with Gasteiger partial charge in [0.15, 0.2) is 0 Å². The molecule has 0 amide bonds. The van der Waals surface area contributed by atoms with Gasteiger partial charge in [-0.2, -0.15) is 0 Å². The highest BCUT2D eigenvalue weighted by Gasteiger charge is 2.29. The van der Waals surface area contributed by atoms with E-state index >= 15 is 0 Å². The van der Waals surface area contributed by atoms with Crippen LogP contribution >= 0.6 is 0 Å². The lowest BCUT2D eigenvalue weighted by atomic mass is 9.72. The van der Waals surface area contributed by atoms with Gasteiger partial charge in [-0.1, -0.05) is 38.1 Å². The zero-order valence-corrected chi connectivity index (χ0v) is 8.38. The topological polar surface area (TPSA) is 26.0 Å². The first-order chi connectivity index (χ1) is 6.08. The predicted octanol–water partition coefficient (Wildman–Crippen LogP) is 2.66. The van der Waals surface area contributed by atoms with Crippen molar-refractivity contribution in [1.29, 1.82) is 0 Å². The minimum Gasteiger partial charge on any atom is -0.324 e. The van der Waals surface area contributed by atoms with Crippen LogP contribution in [-0.2, 0) is 6.42 Å². The number of rotatable bonds is 0. The molecule has 2 N–H and O–H groups in total. The van der Waals surface area contributed by atoms with E-state index in [1.807, 2.05) is 0 Å². The van der Waals surface area contributed by atoms with Gasteiger partial charge in [-0.3, -0.25) is 0 Å². The van der Waals surface area contributed by atoms with Gasteiger partial charge in [0.1, 0.15) is 0 Å². The summed E-state index contributed by atoms with van der Waals surface area (Å²) in [5, 5.41) is 0. The van der Waals surface area contributed by atoms with Crippen molar-refractivity contribution in [2.75, 3.05) is 0 Å². The Hall–Kier alpha value is -0.820. The molecule has 1 aliphatic rings. The van der Waals surface area contributed by atoms with Crippen molar-refractivity contribution in [3.8, 4) is 0 Å². The molecular formula is C12H17N. The molecule has 1 heteroatoms. The summed E-state index contributed by atoms with van der Waals surface area (Å²) in [7, 11) is 0. The maximum Gasteiger partial charge on any atom is 0.0302 e. The van der Waals surface area contributed by atoms with Crippen molar-refractivity contribution in [2.24, 2.45) is 11.1 Å². The van der Waals surface area contributed by atoms with E-state index in [1.54, 1.807) is 0 Å². The molecule has 2 rings (SSSR count). The molecule has 0 bridgehead atoms. The first-order valence-electron chi connectivity index (χ1n) is 4.92. The third-order valence-corrected chi connectivity index (χ3v) is 2.90. The number of hydrogen-bond donors (Lipinski definition) is 1. The largest absolute Gasteiger partial charge is 0.324 e. The molecule has 1 aliphatic carbocycles. The zero-order chi connectivity index (χ0) is 9.47. The number of hydrogen-bond acceptors (Lipinski definition) is 1. The third kappa shape index (κ3) is 1.61. The standard InChI is InChI=1S/C12H17N/c1-12(2)7-9-5-3-4-6-10(9)11(13)8-12/h3-6,11H,7-8,13H2,1-2H3. The third-order valence-electron chi connectivity index (χ3n) is 2.90. The summed E-state index contributed by atoms with van der Waals surface area (Å²) >= 11 is 0. The monoisotopic (exact) mass is 175 g/mol. The van der Waals surface area contributed by atoms with E-state index in [0.717, 1.165) is 12.8 Å². The Bertz CT molecular complexity index is 315. The molecule has 0 radical (unpaired) electrons. The molecule has 0 aliphatic heterocycles. The molecule has 1 aromatic carbocycles. The van der Waals surface area contributed by atoms with Crippen LogP contribution in [0.5, 0.6) is 0 Å². The van der Waals surface area contributed by atoms with Gasteiger partial charge < -0.3 is 5.73 Å². The van der Waals surface area contributed by atoms with Gasteiger partial charge in [0.05, 0.1) is 0 Å². The lowest BCUT2D eigenvalue weighted by Crippen LogP contribution is -2.29. The van der Waals surface area contributed by atoms with Gasteiger partial charge in [0.2, 0.25) is 0 Å². The fraction of sp³-hybridized carbons (Fsp3) is 0.500. The fourth-order valence-corrected chi connectivity index (χ4v) is 2.35. The Morgan fingerprint density at radius 1 is 1.31 bits per heavy atom. The first-order valence-corrected chi connectivity index (χ1v) is 4.92. The van der Waals surface area contributed by atoms with Crippen molar-refractivity contribution in [1.82, 2.24) is 0 Å². The molecule has 0 spiro atoms. The quantitative estimate of drug-likeness (QED) is 0.644. The van der Waals surface area contributed by atoms with E-state index in [1.165, 1.54) is 11.1 Å². The molecule has 0 saturated carbocycles. The maximum atomic E-state index is 6.12. The van der Waals surface area contributed by atoms with Crippen LogP contribution in [0.1, 0.15) is 37.4 Å². The molecule has 1 aromatic rings. The van der Waals surface area contributed by atoms with Crippen LogP contribution < -0.4 is 5.73 Å². The molecule has 13 heavy (non-hydrogen) atoms. The summed E-state index contributed by atoms with van der Waals surface area (Å²) in [6.07, 6.45) is 2.26. The highest BCUT2D eigenvalue weighted by molar-refractivity contribution is 5.33. The number of benzene rings is 1. The average Bonchev–Trinajstić information content (AvgIpc) is 2.02. The summed E-state index contributed by atoms with van der Waals surface area (Å²) in [4.78, 5) is 0. The molecule has 1 unspecified atom stereocenters. The summed E-state index contributed by atoms with van der Waals surface area (Å²) in [6.45, 7) is 4.59. The van der Waals surface area contributed by atoms with Gasteiger partial charge in [0.25, 0.3) is 0 Å². The van der Waals surface area contributed by atoms with E-state index in [0.29, 0.717) is 5.41 Å². The van der Waals surface area contributed by atoms with Crippen LogP contribution in [-0.4, -0.2) is 0 Å². The molecule has 0 aromatic heterocycles. The normalized spacial score (nSPS) is 25.3. The molecule has 1 atom stereocenters. The van der Waals surface area contributed by atoms with Crippen molar-refractivity contribution in [2.45, 2.75) is 32.7 Å². The van der Waals surface area contributed by atoms with E-state index in [-0.39, 0.29) is 6.04 Å². The van der Waals surface area contributed by atoms with Gasteiger partial charge >= 0.3 is 0 Å². The van der Waals surface area contributed by atoms with Crippen molar-refractivity contribution < 1.29 is 0 Å². The smallest absolute Gasteiger partial charge is 0.0302 e. The van der Waals surface area contributed by atoms with E-state index in [4.69, 9.17) is 5.73 Å². The summed E-state index contributed by atoms with van der Waals surface area (Å²) in [6, 6.07) is 8.79. The number of fused-ring (bicyclic) bond motifs is 1. The lowest BCUT2D eigenvalue weighted by molar-refractivity contribution is 0.283. The maximum absolute atomic E-state index is 6.12. The second kappa shape index (κ2) is 2.85. The van der Waals surface area contributed by atoms with Crippen LogP contribution in [0.25, 0.3) is 0 Å². The molecule has 0 heterocycles. The van der Waals surface area contributed by atoms with Crippen LogP contribution in [0.4, 0.5) is 0 Å². The predicted molar refractivity (Wildman–Crippen MR) is 55.5 cm³/mol. The van der Waals surface area contributed by atoms with Gasteiger partial charge in [0, 0.05) is 6.04 Å². The summed E-state index contributed by atoms with van der Waals surface area (Å²) < 4.78 is 0. The Labute approximate surface area is 80.0 Å². The van der Waals surface area contributed by atoms with Crippen molar-refractivity contribution in [3.05, 3.63) is 35.4 Å². The lowest BCUT2D eigenvalue weighted by Gasteiger charge is -2.35. The van der Waals surface area contributed by atoms with E-state index in [2.05, 4.69) is 38.1 Å². The second-order valence-electron chi connectivity index (χ2n) is 4.85. The van der Waals surface area contributed by atoms with Crippen LogP contribution in [0, 0.1) is 5.41 Å². The Balaban J connectivity index is 2.43. The summed E-state index contributed by atoms with van der Waals surface area (Å²) in [5.41, 5.74) is 9.28. The Morgan fingerprint density at radius 3 is 2.77 bits per heavy atom. The highest BCUT2D eigenvalue weighted by Crippen LogP contribution is 2.39. The van der Waals surface area contributed by atoms with Crippen LogP contribution in [0.3, 0.4) is 0 Å². The average molecular weight is 175 g/mol. The van der Waals surface area contributed by atoms with E-state index in [9.17, 15) is 0 Å². The van der Waals surface area contributed by atoms with E-state index < -0.39 is 0 Å². The fourth-order valence-electron chi connectivity index (χ4n) is 2.35. The minimum atomic E-state index is 0.236. The van der Waals surface area contributed by atoms with Crippen molar-refractivity contribution >= 4 is 0 Å².